The Morgan fingerprint density at radius 2 is 2.14 bits per heavy atom. The van der Waals surface area contributed by atoms with E-state index >= 15 is 0 Å². The summed E-state index contributed by atoms with van der Waals surface area (Å²) < 4.78 is 2.17. The molecule has 1 nitrogen and oxygen atoms in total. The van der Waals surface area contributed by atoms with Crippen molar-refractivity contribution < 1.29 is 0 Å². The minimum Gasteiger partial charge on any atom is -0.340 e. The van der Waals surface area contributed by atoms with Crippen molar-refractivity contribution in [2.45, 2.75) is 13.5 Å². The van der Waals surface area contributed by atoms with Crippen molar-refractivity contribution >= 4 is 22.5 Å². The topological polar surface area (TPSA) is 4.93 Å². The number of aromatic nitrogens is 1. The first-order valence-electron chi connectivity index (χ1n) is 4.56. The Bertz CT molecular complexity index is 482. The van der Waals surface area contributed by atoms with Gasteiger partial charge in [-0.3, -0.25) is 0 Å². The molecule has 0 radical (unpaired) electrons. The summed E-state index contributed by atoms with van der Waals surface area (Å²) in [6, 6.07) is 10.4. The molecule has 0 saturated heterocycles. The van der Waals surface area contributed by atoms with Gasteiger partial charge in [-0.1, -0.05) is 36.4 Å². The van der Waals surface area contributed by atoms with E-state index in [1.54, 1.807) is 0 Å². The molecule has 72 valence electrons. The van der Waals surface area contributed by atoms with Gasteiger partial charge < -0.3 is 4.57 Å². The van der Waals surface area contributed by atoms with Crippen molar-refractivity contribution in [3.05, 3.63) is 47.6 Å². The summed E-state index contributed by atoms with van der Waals surface area (Å²) in [7, 11) is 0. The Hall–Kier alpha value is -1.21. The Kier molecular flexibility index (Phi) is 2.34. The Labute approximate surface area is 88.6 Å². The fraction of sp³-hybridized carbons (Fsp3) is 0.167. The van der Waals surface area contributed by atoms with Crippen LogP contribution in [-0.2, 0) is 6.54 Å². The van der Waals surface area contributed by atoms with E-state index in [2.05, 4.69) is 36.3 Å². The highest BCUT2D eigenvalue weighted by molar-refractivity contribution is 6.29. The molecule has 0 aliphatic rings. The molecule has 0 aliphatic carbocycles. The normalized spacial score (nSPS) is 10.7. The molecule has 0 fully saturated rings. The van der Waals surface area contributed by atoms with Crippen LogP contribution in [0.25, 0.3) is 10.9 Å². The van der Waals surface area contributed by atoms with Crippen molar-refractivity contribution in [1.82, 2.24) is 4.57 Å². The number of nitrogens with zero attached hydrogens (tertiary/aromatic N) is 1. The lowest BCUT2D eigenvalue weighted by Gasteiger charge is -2.05. The molecule has 0 unspecified atom stereocenters. The molecule has 0 atom stereocenters. The van der Waals surface area contributed by atoms with Gasteiger partial charge in [-0.15, -0.1) is 0 Å². The van der Waals surface area contributed by atoms with Crippen LogP contribution in [0.3, 0.4) is 0 Å². The Morgan fingerprint density at radius 3 is 2.86 bits per heavy atom. The molecule has 0 amide bonds. The van der Waals surface area contributed by atoms with Crippen LogP contribution >= 0.6 is 11.6 Å². The van der Waals surface area contributed by atoms with Crippen LogP contribution in [0.2, 0.25) is 0 Å². The van der Waals surface area contributed by atoms with Gasteiger partial charge in [0.15, 0.2) is 0 Å². The summed E-state index contributed by atoms with van der Waals surface area (Å²) in [6.45, 7) is 6.49. The SMILES string of the molecule is C=C(Cl)Cn1c(C)cc2ccccc21. The Balaban J connectivity index is 2.62. The lowest BCUT2D eigenvalue weighted by Crippen LogP contribution is -1.98. The second-order valence-corrected chi connectivity index (χ2v) is 3.98. The van der Waals surface area contributed by atoms with Crippen LogP contribution in [0.15, 0.2) is 41.9 Å². The van der Waals surface area contributed by atoms with Crippen molar-refractivity contribution in [2.24, 2.45) is 0 Å². The summed E-state index contributed by atoms with van der Waals surface area (Å²) in [4.78, 5) is 0. The van der Waals surface area contributed by atoms with E-state index in [1.807, 2.05) is 12.1 Å². The zero-order chi connectivity index (χ0) is 10.1. The highest BCUT2D eigenvalue weighted by Crippen LogP contribution is 2.20. The van der Waals surface area contributed by atoms with Gasteiger partial charge in [0.1, 0.15) is 0 Å². The van der Waals surface area contributed by atoms with Crippen LogP contribution in [0.4, 0.5) is 0 Å². The summed E-state index contributed by atoms with van der Waals surface area (Å²) >= 11 is 5.83. The number of para-hydroxylation sites is 1. The summed E-state index contributed by atoms with van der Waals surface area (Å²) in [6.07, 6.45) is 0. The summed E-state index contributed by atoms with van der Waals surface area (Å²) in [5.41, 5.74) is 2.43. The van der Waals surface area contributed by atoms with Gasteiger partial charge in [0.25, 0.3) is 0 Å². The molecular formula is C12H12ClN. The zero-order valence-electron chi connectivity index (χ0n) is 8.13. The van der Waals surface area contributed by atoms with Crippen molar-refractivity contribution in [1.29, 1.82) is 0 Å². The van der Waals surface area contributed by atoms with Crippen molar-refractivity contribution in [2.75, 3.05) is 0 Å². The number of allylic oxidation sites excluding steroid dienone is 1. The number of rotatable bonds is 2. The number of fused-ring (bicyclic) bond motifs is 1. The van der Waals surface area contributed by atoms with E-state index in [4.69, 9.17) is 11.6 Å². The minimum absolute atomic E-state index is 0.662. The molecule has 2 rings (SSSR count). The van der Waals surface area contributed by atoms with Crippen molar-refractivity contribution in [3.8, 4) is 0 Å². The first-order chi connectivity index (χ1) is 6.68. The van der Waals surface area contributed by atoms with Crippen LogP contribution in [0, 0.1) is 6.92 Å². The fourth-order valence-corrected chi connectivity index (χ4v) is 1.85. The fourth-order valence-electron chi connectivity index (χ4n) is 1.73. The van der Waals surface area contributed by atoms with Crippen LogP contribution < -0.4 is 0 Å². The van der Waals surface area contributed by atoms with Gasteiger partial charge in [-0.25, -0.2) is 0 Å². The molecule has 0 aliphatic heterocycles. The van der Waals surface area contributed by atoms with Crippen LogP contribution in [0.1, 0.15) is 5.69 Å². The van der Waals surface area contributed by atoms with E-state index in [0.29, 0.717) is 11.6 Å². The number of aryl methyl sites for hydroxylation is 1. The molecule has 0 saturated carbocycles. The molecule has 2 aromatic rings. The molecular weight excluding hydrogens is 194 g/mol. The maximum Gasteiger partial charge on any atom is 0.0579 e. The highest BCUT2D eigenvalue weighted by Gasteiger charge is 2.04. The molecule has 0 bridgehead atoms. The average Bonchev–Trinajstić information content (AvgIpc) is 2.43. The van der Waals surface area contributed by atoms with Gasteiger partial charge in [0, 0.05) is 16.2 Å². The van der Waals surface area contributed by atoms with E-state index in [1.165, 1.54) is 16.6 Å². The quantitative estimate of drug-likeness (QED) is 0.705. The van der Waals surface area contributed by atoms with E-state index in [-0.39, 0.29) is 0 Å². The Morgan fingerprint density at radius 1 is 1.43 bits per heavy atom. The standard InChI is InChI=1S/C12H12ClN/c1-9(13)8-14-10(2)7-11-5-3-4-6-12(11)14/h3-7H,1,8H2,2H3. The predicted octanol–water partition coefficient (Wildman–Crippen LogP) is 3.70. The second-order valence-electron chi connectivity index (χ2n) is 3.45. The summed E-state index contributed by atoms with van der Waals surface area (Å²) in [5, 5.41) is 1.91. The van der Waals surface area contributed by atoms with Gasteiger partial charge >= 0.3 is 0 Å². The monoisotopic (exact) mass is 205 g/mol. The molecule has 14 heavy (non-hydrogen) atoms. The first kappa shape index (κ1) is 9.35. The third kappa shape index (κ3) is 1.55. The number of hydrogen-bond donors (Lipinski definition) is 0. The van der Waals surface area contributed by atoms with Crippen LogP contribution in [-0.4, -0.2) is 4.57 Å². The highest BCUT2D eigenvalue weighted by atomic mass is 35.5. The van der Waals surface area contributed by atoms with E-state index in [9.17, 15) is 0 Å². The largest absolute Gasteiger partial charge is 0.340 e. The lowest BCUT2D eigenvalue weighted by molar-refractivity contribution is 0.819. The number of benzene rings is 1. The number of hydrogen-bond acceptors (Lipinski definition) is 0. The number of halogens is 1. The molecule has 0 spiro atoms. The average molecular weight is 206 g/mol. The predicted molar refractivity (Wildman–Crippen MR) is 61.7 cm³/mol. The summed E-state index contributed by atoms with van der Waals surface area (Å²) in [5.74, 6) is 0. The van der Waals surface area contributed by atoms with Gasteiger partial charge in [0.2, 0.25) is 0 Å². The smallest absolute Gasteiger partial charge is 0.0579 e. The van der Waals surface area contributed by atoms with Crippen molar-refractivity contribution in [3.63, 3.8) is 0 Å². The molecule has 1 heterocycles. The minimum atomic E-state index is 0.662. The third-order valence-electron chi connectivity index (χ3n) is 2.35. The molecule has 1 aromatic carbocycles. The van der Waals surface area contributed by atoms with Gasteiger partial charge in [-0.05, 0) is 24.4 Å². The maximum absolute atomic E-state index is 5.83. The van der Waals surface area contributed by atoms with E-state index in [0.717, 1.165) is 0 Å². The first-order valence-corrected chi connectivity index (χ1v) is 4.94. The zero-order valence-corrected chi connectivity index (χ0v) is 8.88. The third-order valence-corrected chi connectivity index (χ3v) is 2.47. The maximum atomic E-state index is 5.83. The second kappa shape index (κ2) is 3.50. The lowest BCUT2D eigenvalue weighted by atomic mass is 10.2. The van der Waals surface area contributed by atoms with Gasteiger partial charge in [-0.2, -0.15) is 0 Å². The molecule has 0 N–H and O–H groups in total. The molecule has 2 heteroatoms. The van der Waals surface area contributed by atoms with E-state index < -0.39 is 0 Å². The van der Waals surface area contributed by atoms with Crippen LogP contribution in [0.5, 0.6) is 0 Å². The van der Waals surface area contributed by atoms with Gasteiger partial charge in [0.05, 0.1) is 6.54 Å². The molecule has 1 aromatic heterocycles.